The molecule has 122 valence electrons. The van der Waals surface area contributed by atoms with E-state index in [9.17, 15) is 9.59 Å². The summed E-state index contributed by atoms with van der Waals surface area (Å²) in [4.78, 5) is 29.0. The number of pyridine rings is 1. The van der Waals surface area contributed by atoms with Crippen molar-refractivity contribution in [2.75, 3.05) is 26.3 Å². The molecule has 1 N–H and O–H groups in total. The van der Waals surface area contributed by atoms with Gasteiger partial charge in [-0.1, -0.05) is 18.5 Å². The summed E-state index contributed by atoms with van der Waals surface area (Å²) >= 11 is 6.00. The molecule has 1 unspecified atom stereocenters. The van der Waals surface area contributed by atoms with Crippen molar-refractivity contribution in [1.82, 2.24) is 9.88 Å². The van der Waals surface area contributed by atoms with Crippen molar-refractivity contribution in [3.63, 3.8) is 0 Å². The zero-order valence-corrected chi connectivity index (χ0v) is 13.5. The molecule has 1 amide bonds. The van der Waals surface area contributed by atoms with Crippen molar-refractivity contribution in [2.45, 2.75) is 20.3 Å². The maximum absolute atomic E-state index is 12.6. The van der Waals surface area contributed by atoms with Crippen LogP contribution < -0.4 is 0 Å². The summed E-state index contributed by atoms with van der Waals surface area (Å²) in [5, 5.41) is 9.30. The van der Waals surface area contributed by atoms with E-state index in [2.05, 4.69) is 4.98 Å². The molecule has 0 aromatic carbocycles. The molecule has 1 heterocycles. The van der Waals surface area contributed by atoms with Crippen LogP contribution >= 0.6 is 11.6 Å². The lowest BCUT2D eigenvalue weighted by molar-refractivity contribution is -0.141. The minimum Gasteiger partial charge on any atom is -0.481 e. The van der Waals surface area contributed by atoms with Crippen LogP contribution in [0.25, 0.3) is 0 Å². The van der Waals surface area contributed by atoms with E-state index in [0.717, 1.165) is 0 Å². The molecule has 7 heteroatoms. The average Bonchev–Trinajstić information content (AvgIpc) is 2.49. The van der Waals surface area contributed by atoms with Gasteiger partial charge < -0.3 is 14.7 Å². The number of hydrogen-bond acceptors (Lipinski definition) is 4. The third-order valence-electron chi connectivity index (χ3n) is 3.13. The number of rotatable bonds is 9. The number of aromatic nitrogens is 1. The largest absolute Gasteiger partial charge is 0.481 e. The lowest BCUT2D eigenvalue weighted by Gasteiger charge is -2.25. The summed E-state index contributed by atoms with van der Waals surface area (Å²) in [6.45, 7) is 5.13. The molecule has 0 aliphatic rings. The van der Waals surface area contributed by atoms with Gasteiger partial charge in [-0.25, -0.2) is 0 Å². The van der Waals surface area contributed by atoms with Gasteiger partial charge >= 0.3 is 5.97 Å². The summed E-state index contributed by atoms with van der Waals surface area (Å²) in [5.41, 5.74) is 0.325. The summed E-state index contributed by atoms with van der Waals surface area (Å²) in [6, 6.07) is 1.53. The summed E-state index contributed by atoms with van der Waals surface area (Å²) in [7, 11) is 0. The summed E-state index contributed by atoms with van der Waals surface area (Å²) in [5.74, 6) is -1.89. The molecule has 22 heavy (non-hydrogen) atoms. The van der Waals surface area contributed by atoms with Gasteiger partial charge in [-0.15, -0.1) is 0 Å². The molecule has 1 rings (SSSR count). The Bertz CT molecular complexity index is 510. The number of amides is 1. The van der Waals surface area contributed by atoms with Crippen molar-refractivity contribution in [1.29, 1.82) is 0 Å². The summed E-state index contributed by atoms with van der Waals surface area (Å²) in [6.07, 6.45) is 3.51. The Morgan fingerprint density at radius 2 is 2.23 bits per heavy atom. The Balaban J connectivity index is 2.81. The molecule has 6 nitrogen and oxygen atoms in total. The number of carbonyl (C=O) groups excluding carboxylic acids is 1. The SMILES string of the molecule is CCOCCCN(CC(C)C(=O)O)C(=O)c1ccncc1Cl. The Labute approximate surface area is 135 Å². The van der Waals surface area contributed by atoms with Crippen molar-refractivity contribution in [3.05, 3.63) is 29.0 Å². The molecule has 0 spiro atoms. The van der Waals surface area contributed by atoms with Crippen LogP contribution in [0.5, 0.6) is 0 Å². The molecule has 0 bridgehead atoms. The van der Waals surface area contributed by atoms with Gasteiger partial charge in [-0.2, -0.15) is 0 Å². The smallest absolute Gasteiger partial charge is 0.308 e. The standard InChI is InChI=1S/C15H21ClN2O4/c1-3-22-8-4-7-18(10-11(2)15(20)21)14(19)12-5-6-17-9-13(12)16/h5-6,9,11H,3-4,7-8,10H2,1-2H3,(H,20,21). The van der Waals surface area contributed by atoms with E-state index in [1.807, 2.05) is 6.92 Å². The number of hydrogen-bond donors (Lipinski definition) is 1. The fourth-order valence-electron chi connectivity index (χ4n) is 1.91. The van der Waals surface area contributed by atoms with Crippen LogP contribution in [0.3, 0.4) is 0 Å². The predicted molar refractivity (Wildman–Crippen MR) is 83.1 cm³/mol. The Morgan fingerprint density at radius 3 is 2.82 bits per heavy atom. The zero-order valence-electron chi connectivity index (χ0n) is 12.8. The third kappa shape index (κ3) is 5.61. The van der Waals surface area contributed by atoms with Crippen molar-refractivity contribution in [2.24, 2.45) is 5.92 Å². The van der Waals surface area contributed by atoms with Crippen LogP contribution in [0.2, 0.25) is 5.02 Å². The fourth-order valence-corrected chi connectivity index (χ4v) is 2.11. The highest BCUT2D eigenvalue weighted by Crippen LogP contribution is 2.17. The van der Waals surface area contributed by atoms with Crippen molar-refractivity contribution >= 4 is 23.5 Å². The van der Waals surface area contributed by atoms with Crippen LogP contribution in [0.4, 0.5) is 0 Å². The van der Waals surface area contributed by atoms with Gasteiger partial charge in [0.15, 0.2) is 0 Å². The van der Waals surface area contributed by atoms with Crippen LogP contribution in [0.1, 0.15) is 30.6 Å². The maximum atomic E-state index is 12.6. The second kappa shape index (κ2) is 9.38. The fraction of sp³-hybridized carbons (Fsp3) is 0.533. The molecule has 1 aromatic rings. The van der Waals surface area contributed by atoms with E-state index in [4.69, 9.17) is 21.4 Å². The summed E-state index contributed by atoms with van der Waals surface area (Å²) < 4.78 is 5.26. The quantitative estimate of drug-likeness (QED) is 0.704. The highest BCUT2D eigenvalue weighted by molar-refractivity contribution is 6.33. The number of carboxylic acids is 1. The Morgan fingerprint density at radius 1 is 1.50 bits per heavy atom. The number of halogens is 1. The van der Waals surface area contributed by atoms with Gasteiger partial charge in [-0.05, 0) is 19.4 Å². The van der Waals surface area contributed by atoms with Crippen LogP contribution in [0, 0.1) is 5.92 Å². The number of ether oxygens (including phenoxy) is 1. The first-order chi connectivity index (χ1) is 10.5. The molecular formula is C15H21ClN2O4. The van der Waals surface area contributed by atoms with Crippen molar-refractivity contribution in [3.8, 4) is 0 Å². The number of carbonyl (C=O) groups is 2. The topological polar surface area (TPSA) is 79.7 Å². The molecule has 0 aliphatic heterocycles. The first kappa shape index (κ1) is 18.4. The molecule has 0 aliphatic carbocycles. The van der Waals surface area contributed by atoms with Gasteiger partial charge in [0.05, 0.1) is 16.5 Å². The minimum absolute atomic E-state index is 0.124. The predicted octanol–water partition coefficient (Wildman–Crippen LogP) is 2.32. The maximum Gasteiger partial charge on any atom is 0.308 e. The average molecular weight is 329 g/mol. The van der Waals surface area contributed by atoms with E-state index in [-0.39, 0.29) is 17.5 Å². The van der Waals surface area contributed by atoms with E-state index >= 15 is 0 Å². The molecule has 0 fully saturated rings. The zero-order chi connectivity index (χ0) is 16.5. The van der Waals surface area contributed by atoms with Crippen LogP contribution in [0.15, 0.2) is 18.5 Å². The Hall–Kier alpha value is -1.66. The molecule has 0 saturated carbocycles. The molecule has 0 radical (unpaired) electrons. The van der Waals surface area contributed by atoms with E-state index in [1.165, 1.54) is 23.4 Å². The normalized spacial score (nSPS) is 12.0. The second-order valence-corrected chi connectivity index (χ2v) is 5.30. The number of carboxylic acid groups (broad SMARTS) is 1. The molecule has 1 aromatic heterocycles. The molecule has 1 atom stereocenters. The Kier molecular flexibility index (Phi) is 7.84. The molecular weight excluding hydrogens is 308 g/mol. The number of nitrogens with zero attached hydrogens (tertiary/aromatic N) is 2. The first-order valence-electron chi connectivity index (χ1n) is 7.16. The first-order valence-corrected chi connectivity index (χ1v) is 7.54. The van der Waals surface area contributed by atoms with E-state index in [1.54, 1.807) is 6.92 Å². The highest BCUT2D eigenvalue weighted by atomic mass is 35.5. The molecule has 0 saturated heterocycles. The highest BCUT2D eigenvalue weighted by Gasteiger charge is 2.22. The van der Waals surface area contributed by atoms with Crippen LogP contribution in [-0.4, -0.2) is 53.2 Å². The van der Waals surface area contributed by atoms with Gasteiger partial charge in [0.2, 0.25) is 0 Å². The minimum atomic E-state index is -0.941. The van der Waals surface area contributed by atoms with Crippen LogP contribution in [-0.2, 0) is 9.53 Å². The van der Waals surface area contributed by atoms with Gasteiger partial charge in [0.1, 0.15) is 0 Å². The lowest BCUT2D eigenvalue weighted by atomic mass is 10.1. The van der Waals surface area contributed by atoms with Gasteiger partial charge in [0, 0.05) is 38.7 Å². The van der Waals surface area contributed by atoms with E-state index < -0.39 is 11.9 Å². The second-order valence-electron chi connectivity index (χ2n) is 4.90. The van der Waals surface area contributed by atoms with Gasteiger partial charge in [0.25, 0.3) is 5.91 Å². The van der Waals surface area contributed by atoms with Crippen molar-refractivity contribution < 1.29 is 19.4 Å². The monoisotopic (exact) mass is 328 g/mol. The lowest BCUT2D eigenvalue weighted by Crippen LogP contribution is -2.38. The third-order valence-corrected chi connectivity index (χ3v) is 3.43. The van der Waals surface area contributed by atoms with E-state index in [0.29, 0.717) is 31.7 Å². The number of aliphatic carboxylic acids is 1. The van der Waals surface area contributed by atoms with Gasteiger partial charge in [-0.3, -0.25) is 14.6 Å².